The van der Waals surface area contributed by atoms with E-state index in [4.69, 9.17) is 4.98 Å². The van der Waals surface area contributed by atoms with Crippen LogP contribution < -0.4 is 10.2 Å². The van der Waals surface area contributed by atoms with Crippen molar-refractivity contribution in [1.29, 1.82) is 0 Å². The Kier molecular flexibility index (Phi) is 4.32. The van der Waals surface area contributed by atoms with Crippen molar-refractivity contribution in [2.24, 2.45) is 0 Å². The summed E-state index contributed by atoms with van der Waals surface area (Å²) in [6.45, 7) is 8.86. The first-order valence-corrected chi connectivity index (χ1v) is 9.00. The molecule has 0 radical (unpaired) electrons. The van der Waals surface area contributed by atoms with E-state index in [0.29, 0.717) is 6.04 Å². The van der Waals surface area contributed by atoms with Gasteiger partial charge in [0, 0.05) is 36.0 Å². The van der Waals surface area contributed by atoms with Gasteiger partial charge in [0.1, 0.15) is 0 Å². The molecule has 1 aromatic heterocycles. The number of nitrogens with zero attached hydrogens (tertiary/aromatic N) is 2. The maximum absolute atomic E-state index is 5.03. The van der Waals surface area contributed by atoms with E-state index in [2.05, 4.69) is 31.0 Å². The van der Waals surface area contributed by atoms with Crippen LogP contribution in [0.3, 0.4) is 0 Å². The summed E-state index contributed by atoms with van der Waals surface area (Å²) in [4.78, 5) is 9.08. The predicted octanol–water partition coefficient (Wildman–Crippen LogP) is 3.90. The quantitative estimate of drug-likeness (QED) is 0.788. The van der Waals surface area contributed by atoms with E-state index in [1.165, 1.54) is 54.4 Å². The van der Waals surface area contributed by atoms with Gasteiger partial charge in [-0.3, -0.25) is 0 Å². The Morgan fingerprint density at radius 1 is 1.30 bits per heavy atom. The van der Waals surface area contributed by atoms with Gasteiger partial charge in [-0.25, -0.2) is 4.98 Å². The summed E-state index contributed by atoms with van der Waals surface area (Å²) in [5.41, 5.74) is 1.40. The Bertz CT molecular complexity index is 447. The van der Waals surface area contributed by atoms with Crippen LogP contribution in [-0.4, -0.2) is 23.6 Å². The van der Waals surface area contributed by atoms with Crippen molar-refractivity contribution >= 4 is 16.5 Å². The third-order valence-electron chi connectivity index (χ3n) is 4.05. The van der Waals surface area contributed by atoms with Crippen molar-refractivity contribution in [1.82, 2.24) is 10.3 Å². The van der Waals surface area contributed by atoms with Crippen LogP contribution in [0, 0.1) is 0 Å². The van der Waals surface area contributed by atoms with Crippen molar-refractivity contribution < 1.29 is 0 Å². The molecule has 1 N–H and O–H groups in total. The van der Waals surface area contributed by atoms with Crippen molar-refractivity contribution in [3.05, 3.63) is 10.6 Å². The van der Waals surface area contributed by atoms with Crippen molar-refractivity contribution in [2.45, 2.75) is 77.4 Å². The second-order valence-electron chi connectivity index (χ2n) is 6.54. The molecule has 2 saturated carbocycles. The predicted molar refractivity (Wildman–Crippen MR) is 86.7 cm³/mol. The highest BCUT2D eigenvalue weighted by molar-refractivity contribution is 7.15. The lowest BCUT2D eigenvalue weighted by atomic mass is 10.2. The van der Waals surface area contributed by atoms with Crippen LogP contribution in [0.2, 0.25) is 0 Å². The first-order chi connectivity index (χ1) is 9.69. The van der Waals surface area contributed by atoms with Gasteiger partial charge in [0.05, 0.1) is 5.69 Å². The fourth-order valence-electron chi connectivity index (χ4n) is 2.63. The summed E-state index contributed by atoms with van der Waals surface area (Å²) < 4.78 is 0. The van der Waals surface area contributed by atoms with Crippen molar-refractivity contribution in [3.63, 3.8) is 0 Å². The third-order valence-corrected chi connectivity index (χ3v) is 5.16. The van der Waals surface area contributed by atoms with E-state index in [1.54, 1.807) is 0 Å². The van der Waals surface area contributed by atoms with Crippen LogP contribution >= 0.6 is 11.3 Å². The van der Waals surface area contributed by atoms with E-state index in [1.807, 2.05) is 11.3 Å². The molecule has 0 atom stereocenters. The Morgan fingerprint density at radius 2 is 2.05 bits per heavy atom. The number of anilines is 1. The molecular formula is C16H27N3S. The third kappa shape index (κ3) is 3.34. The van der Waals surface area contributed by atoms with Crippen molar-refractivity contribution in [3.8, 4) is 0 Å². The summed E-state index contributed by atoms with van der Waals surface area (Å²) in [5.74, 6) is 0.756. The molecule has 0 saturated heterocycles. The molecule has 1 heterocycles. The SMILES string of the molecule is CCCN(c1nc(C2CC2)c(CNC(C)C)s1)C1CC1. The monoisotopic (exact) mass is 293 g/mol. The van der Waals surface area contributed by atoms with E-state index in [-0.39, 0.29) is 0 Å². The van der Waals surface area contributed by atoms with Gasteiger partial charge in [0.15, 0.2) is 5.13 Å². The van der Waals surface area contributed by atoms with E-state index in [9.17, 15) is 0 Å². The van der Waals surface area contributed by atoms with Crippen LogP contribution in [0.15, 0.2) is 0 Å². The van der Waals surface area contributed by atoms with Crippen LogP contribution in [-0.2, 0) is 6.54 Å². The Balaban J connectivity index is 1.78. The second kappa shape index (κ2) is 6.02. The molecule has 0 aromatic carbocycles. The Morgan fingerprint density at radius 3 is 2.60 bits per heavy atom. The molecule has 2 aliphatic rings. The van der Waals surface area contributed by atoms with Crippen LogP contribution in [0.1, 0.15) is 69.4 Å². The smallest absolute Gasteiger partial charge is 0.186 e. The summed E-state index contributed by atoms with van der Waals surface area (Å²) in [7, 11) is 0. The summed E-state index contributed by atoms with van der Waals surface area (Å²) >= 11 is 1.94. The zero-order valence-corrected chi connectivity index (χ0v) is 13.8. The van der Waals surface area contributed by atoms with Gasteiger partial charge in [0.2, 0.25) is 0 Å². The molecule has 0 bridgehead atoms. The van der Waals surface area contributed by atoms with Crippen molar-refractivity contribution in [2.75, 3.05) is 11.4 Å². The average Bonchev–Trinajstić information content (AvgIpc) is 3.31. The number of rotatable bonds is 8. The molecule has 112 valence electrons. The fourth-order valence-corrected chi connectivity index (χ4v) is 3.83. The molecule has 20 heavy (non-hydrogen) atoms. The highest BCUT2D eigenvalue weighted by Crippen LogP contribution is 2.45. The fraction of sp³-hybridized carbons (Fsp3) is 0.812. The second-order valence-corrected chi connectivity index (χ2v) is 7.60. The molecule has 3 rings (SSSR count). The van der Waals surface area contributed by atoms with Gasteiger partial charge in [-0.2, -0.15) is 0 Å². The van der Waals surface area contributed by atoms with Crippen LogP contribution in [0.25, 0.3) is 0 Å². The summed E-state index contributed by atoms with van der Waals surface area (Å²) in [6, 6.07) is 1.32. The molecule has 0 amide bonds. The van der Waals surface area contributed by atoms with E-state index in [0.717, 1.165) is 18.5 Å². The molecule has 0 spiro atoms. The minimum Gasteiger partial charge on any atom is -0.345 e. The average molecular weight is 293 g/mol. The molecule has 0 aliphatic heterocycles. The number of hydrogen-bond acceptors (Lipinski definition) is 4. The highest BCUT2D eigenvalue weighted by atomic mass is 32.1. The van der Waals surface area contributed by atoms with Gasteiger partial charge in [0.25, 0.3) is 0 Å². The molecule has 2 aliphatic carbocycles. The first kappa shape index (κ1) is 14.3. The van der Waals surface area contributed by atoms with Crippen LogP contribution in [0.5, 0.6) is 0 Å². The van der Waals surface area contributed by atoms with Crippen LogP contribution in [0.4, 0.5) is 5.13 Å². The minimum absolute atomic E-state index is 0.544. The molecule has 1 aromatic rings. The maximum Gasteiger partial charge on any atom is 0.186 e. The zero-order chi connectivity index (χ0) is 14.1. The molecular weight excluding hydrogens is 266 g/mol. The van der Waals surface area contributed by atoms with E-state index >= 15 is 0 Å². The summed E-state index contributed by atoms with van der Waals surface area (Å²) in [6.07, 6.45) is 6.62. The van der Waals surface area contributed by atoms with Gasteiger partial charge >= 0.3 is 0 Å². The Labute approximate surface area is 126 Å². The van der Waals surface area contributed by atoms with Gasteiger partial charge in [-0.05, 0) is 32.1 Å². The van der Waals surface area contributed by atoms with Gasteiger partial charge < -0.3 is 10.2 Å². The molecule has 0 unspecified atom stereocenters. The lowest BCUT2D eigenvalue weighted by Gasteiger charge is -2.20. The number of hydrogen-bond donors (Lipinski definition) is 1. The molecule has 2 fully saturated rings. The lowest BCUT2D eigenvalue weighted by Crippen LogP contribution is -2.26. The van der Waals surface area contributed by atoms with Gasteiger partial charge in [-0.1, -0.05) is 20.8 Å². The molecule has 4 heteroatoms. The lowest BCUT2D eigenvalue weighted by molar-refractivity contribution is 0.590. The Hall–Kier alpha value is -0.610. The first-order valence-electron chi connectivity index (χ1n) is 8.18. The number of thiazole rings is 1. The minimum atomic E-state index is 0.544. The summed E-state index contributed by atoms with van der Waals surface area (Å²) in [5, 5.41) is 4.85. The topological polar surface area (TPSA) is 28.2 Å². The normalized spacial score (nSPS) is 18.8. The van der Waals surface area contributed by atoms with E-state index < -0.39 is 0 Å². The largest absolute Gasteiger partial charge is 0.345 e. The number of aromatic nitrogens is 1. The molecule has 3 nitrogen and oxygen atoms in total. The number of nitrogens with one attached hydrogen (secondary N) is 1. The highest BCUT2D eigenvalue weighted by Gasteiger charge is 2.34. The zero-order valence-electron chi connectivity index (χ0n) is 13.0. The van der Waals surface area contributed by atoms with Gasteiger partial charge in [-0.15, -0.1) is 11.3 Å². The maximum atomic E-state index is 5.03. The standard InChI is InChI=1S/C16H27N3S/c1-4-9-19(13-7-8-13)16-18-15(12-5-6-12)14(20-16)10-17-11(2)3/h11-13,17H,4-10H2,1-3H3.